The van der Waals surface area contributed by atoms with Crippen molar-refractivity contribution in [3.63, 3.8) is 0 Å². The van der Waals surface area contributed by atoms with Crippen LogP contribution >= 0.6 is 15.9 Å². The van der Waals surface area contributed by atoms with Gasteiger partial charge in [0.05, 0.1) is 17.8 Å². The zero-order chi connectivity index (χ0) is 12.4. The zero-order valence-corrected chi connectivity index (χ0v) is 11.7. The van der Waals surface area contributed by atoms with Crippen LogP contribution in [0.15, 0.2) is 16.6 Å². The second-order valence-electron chi connectivity index (χ2n) is 4.33. The van der Waals surface area contributed by atoms with Gasteiger partial charge >= 0.3 is 0 Å². The normalized spacial score (nSPS) is 27.6. The van der Waals surface area contributed by atoms with E-state index in [0.717, 1.165) is 29.0 Å². The van der Waals surface area contributed by atoms with Crippen LogP contribution in [0.1, 0.15) is 19.0 Å². The van der Waals surface area contributed by atoms with E-state index in [1.54, 1.807) is 0 Å². The lowest BCUT2D eigenvalue weighted by atomic mass is 9.83. The van der Waals surface area contributed by atoms with Crippen molar-refractivity contribution >= 4 is 21.7 Å². The molecule has 17 heavy (non-hydrogen) atoms. The molecule has 3 unspecified atom stereocenters. The van der Waals surface area contributed by atoms with E-state index in [1.807, 2.05) is 26.0 Å². The van der Waals surface area contributed by atoms with Gasteiger partial charge in [-0.25, -0.2) is 4.98 Å². The summed E-state index contributed by atoms with van der Waals surface area (Å²) in [6.07, 6.45) is 1.13. The fourth-order valence-electron chi connectivity index (χ4n) is 2.02. The number of aryl methyl sites for hydroxylation is 1. The molecule has 0 spiro atoms. The number of anilines is 1. The molecule has 0 saturated heterocycles. The molecule has 0 radical (unpaired) electrons. The largest absolute Gasteiger partial charge is 0.376 e. The average Bonchev–Trinajstić information content (AvgIpc) is 2.30. The van der Waals surface area contributed by atoms with Crippen LogP contribution in [-0.4, -0.2) is 29.8 Å². The molecule has 1 aromatic heterocycles. The summed E-state index contributed by atoms with van der Waals surface area (Å²) in [6.45, 7) is 4.70. The number of hydrogen-bond donors (Lipinski definition) is 2. The Morgan fingerprint density at radius 3 is 2.94 bits per heavy atom. The molecule has 4 nitrogen and oxygen atoms in total. The Morgan fingerprint density at radius 2 is 2.35 bits per heavy atom. The molecule has 0 amide bonds. The van der Waals surface area contributed by atoms with E-state index in [9.17, 15) is 0 Å². The minimum Gasteiger partial charge on any atom is -0.376 e. The van der Waals surface area contributed by atoms with E-state index < -0.39 is 0 Å². The number of hydrogen-bond acceptors (Lipinski definition) is 4. The number of nitrogens with zero attached hydrogens (tertiary/aromatic N) is 1. The van der Waals surface area contributed by atoms with Gasteiger partial charge in [0.2, 0.25) is 0 Å². The monoisotopic (exact) mass is 299 g/mol. The summed E-state index contributed by atoms with van der Waals surface area (Å²) in [5, 5.41) is 3.35. The van der Waals surface area contributed by atoms with Crippen LogP contribution in [0.4, 0.5) is 5.82 Å². The maximum Gasteiger partial charge on any atom is 0.126 e. The van der Waals surface area contributed by atoms with Crippen LogP contribution in [0, 0.1) is 6.92 Å². The van der Waals surface area contributed by atoms with E-state index in [0.29, 0.717) is 0 Å². The highest BCUT2D eigenvalue weighted by atomic mass is 79.9. The molecule has 94 valence electrons. The maximum atomic E-state index is 5.98. The Kier molecular flexibility index (Phi) is 4.01. The molecule has 1 fully saturated rings. The van der Waals surface area contributed by atoms with Crippen molar-refractivity contribution < 1.29 is 4.74 Å². The lowest BCUT2D eigenvalue weighted by Crippen LogP contribution is -2.60. The lowest BCUT2D eigenvalue weighted by molar-refractivity contribution is -0.0127. The molecule has 3 N–H and O–H groups in total. The highest BCUT2D eigenvalue weighted by Gasteiger charge is 2.39. The minimum atomic E-state index is 0.150. The van der Waals surface area contributed by atoms with E-state index >= 15 is 0 Å². The highest BCUT2D eigenvalue weighted by molar-refractivity contribution is 9.10. The van der Waals surface area contributed by atoms with E-state index in [2.05, 4.69) is 26.2 Å². The summed E-state index contributed by atoms with van der Waals surface area (Å²) in [7, 11) is 0. The predicted octanol–water partition coefficient (Wildman–Crippen LogP) is 2.07. The summed E-state index contributed by atoms with van der Waals surface area (Å²) in [4.78, 5) is 4.45. The molecule has 0 bridgehead atoms. The van der Waals surface area contributed by atoms with Crippen molar-refractivity contribution in [2.24, 2.45) is 5.73 Å². The van der Waals surface area contributed by atoms with Crippen LogP contribution in [0.5, 0.6) is 0 Å². The standard InChI is InChI=1S/C12H18BrN3O/c1-3-17-10-6-9(14)12(10)16-11-5-4-8(13)7(2)15-11/h4-5,9-10,12H,3,6,14H2,1-2H3,(H,15,16). The molecule has 1 saturated carbocycles. The Balaban J connectivity index is 2.02. The van der Waals surface area contributed by atoms with Crippen LogP contribution < -0.4 is 11.1 Å². The maximum absolute atomic E-state index is 5.98. The summed E-state index contributed by atoms with van der Waals surface area (Å²) >= 11 is 3.44. The number of pyridine rings is 1. The molecule has 1 aliphatic rings. The topological polar surface area (TPSA) is 60.2 Å². The number of nitrogens with two attached hydrogens (primary N) is 1. The van der Waals surface area contributed by atoms with Crippen molar-refractivity contribution in [2.45, 2.75) is 38.5 Å². The van der Waals surface area contributed by atoms with Gasteiger partial charge in [-0.15, -0.1) is 0 Å². The number of aromatic nitrogens is 1. The van der Waals surface area contributed by atoms with Gasteiger partial charge in [-0.05, 0) is 48.3 Å². The molecule has 5 heteroatoms. The molecule has 2 rings (SSSR count). The van der Waals surface area contributed by atoms with Gasteiger partial charge in [0, 0.05) is 17.1 Å². The first kappa shape index (κ1) is 12.8. The first-order valence-electron chi connectivity index (χ1n) is 5.88. The summed E-state index contributed by atoms with van der Waals surface area (Å²) in [5.41, 5.74) is 6.95. The lowest BCUT2D eigenvalue weighted by Gasteiger charge is -2.42. The third kappa shape index (κ3) is 2.78. The van der Waals surface area contributed by atoms with Gasteiger partial charge < -0.3 is 15.8 Å². The summed E-state index contributed by atoms with van der Waals surface area (Å²) in [5.74, 6) is 0.857. The number of nitrogens with one attached hydrogen (secondary N) is 1. The zero-order valence-electron chi connectivity index (χ0n) is 10.1. The second-order valence-corrected chi connectivity index (χ2v) is 5.18. The Labute approximate surface area is 110 Å². The highest BCUT2D eigenvalue weighted by Crippen LogP contribution is 2.26. The van der Waals surface area contributed by atoms with Gasteiger partial charge in [0.15, 0.2) is 0 Å². The minimum absolute atomic E-state index is 0.150. The van der Waals surface area contributed by atoms with Crippen LogP contribution in [0.25, 0.3) is 0 Å². The SMILES string of the molecule is CCOC1CC(N)C1Nc1ccc(Br)c(C)n1. The van der Waals surface area contributed by atoms with Gasteiger partial charge in [-0.2, -0.15) is 0 Å². The van der Waals surface area contributed by atoms with Crippen molar-refractivity contribution in [3.8, 4) is 0 Å². The van der Waals surface area contributed by atoms with Crippen molar-refractivity contribution in [1.82, 2.24) is 4.98 Å². The van der Waals surface area contributed by atoms with E-state index in [1.165, 1.54) is 0 Å². The Hall–Kier alpha value is -0.650. The number of ether oxygens (including phenoxy) is 1. The van der Waals surface area contributed by atoms with E-state index in [-0.39, 0.29) is 18.2 Å². The van der Waals surface area contributed by atoms with Gasteiger partial charge in [-0.1, -0.05) is 0 Å². The second kappa shape index (κ2) is 5.33. The average molecular weight is 300 g/mol. The number of halogens is 1. The van der Waals surface area contributed by atoms with Gasteiger partial charge in [0.25, 0.3) is 0 Å². The molecule has 1 aliphatic carbocycles. The fourth-order valence-corrected chi connectivity index (χ4v) is 2.24. The summed E-state index contributed by atoms with van der Waals surface area (Å²) in [6, 6.07) is 4.26. The third-order valence-electron chi connectivity index (χ3n) is 3.08. The van der Waals surface area contributed by atoms with E-state index in [4.69, 9.17) is 10.5 Å². The van der Waals surface area contributed by atoms with Crippen LogP contribution in [-0.2, 0) is 4.74 Å². The molecule has 3 atom stereocenters. The van der Waals surface area contributed by atoms with Crippen molar-refractivity contribution in [3.05, 3.63) is 22.3 Å². The Bertz CT molecular complexity index is 397. The number of rotatable bonds is 4. The molecule has 1 heterocycles. The van der Waals surface area contributed by atoms with Crippen molar-refractivity contribution in [2.75, 3.05) is 11.9 Å². The van der Waals surface area contributed by atoms with Gasteiger partial charge in [0.1, 0.15) is 5.82 Å². The molecular formula is C12H18BrN3O. The first-order chi connectivity index (χ1) is 8.11. The van der Waals surface area contributed by atoms with Crippen molar-refractivity contribution in [1.29, 1.82) is 0 Å². The summed E-state index contributed by atoms with van der Waals surface area (Å²) < 4.78 is 6.62. The van der Waals surface area contributed by atoms with Crippen LogP contribution in [0.3, 0.4) is 0 Å². The molecule has 0 aliphatic heterocycles. The Morgan fingerprint density at radius 1 is 1.59 bits per heavy atom. The quantitative estimate of drug-likeness (QED) is 0.893. The fraction of sp³-hybridized carbons (Fsp3) is 0.583. The molecule has 1 aromatic rings. The first-order valence-corrected chi connectivity index (χ1v) is 6.68. The smallest absolute Gasteiger partial charge is 0.126 e. The predicted molar refractivity (Wildman–Crippen MR) is 72.1 cm³/mol. The molecule has 0 aromatic carbocycles. The van der Waals surface area contributed by atoms with Crippen LogP contribution in [0.2, 0.25) is 0 Å². The molecular weight excluding hydrogens is 282 g/mol. The third-order valence-corrected chi connectivity index (χ3v) is 3.92. The van der Waals surface area contributed by atoms with Gasteiger partial charge in [-0.3, -0.25) is 0 Å².